The van der Waals surface area contributed by atoms with Gasteiger partial charge in [-0.2, -0.15) is 0 Å². The molecule has 1 aromatic carbocycles. The van der Waals surface area contributed by atoms with Crippen LogP contribution in [0.2, 0.25) is 0 Å². The number of hydrogen-bond acceptors (Lipinski definition) is 2. The molecule has 0 amide bonds. The van der Waals surface area contributed by atoms with E-state index in [9.17, 15) is 0 Å². The van der Waals surface area contributed by atoms with Gasteiger partial charge < -0.3 is 10.5 Å². The minimum atomic E-state index is 0.178. The average Bonchev–Trinajstić information content (AvgIpc) is 2.29. The van der Waals surface area contributed by atoms with Gasteiger partial charge in [-0.25, -0.2) is 0 Å². The highest BCUT2D eigenvalue weighted by Gasteiger charge is 2.52. The Kier molecular flexibility index (Phi) is 3.67. The molecule has 1 aromatic rings. The van der Waals surface area contributed by atoms with Gasteiger partial charge in [-0.15, -0.1) is 0 Å². The van der Waals surface area contributed by atoms with Gasteiger partial charge in [-0.3, -0.25) is 0 Å². The lowest BCUT2D eigenvalue weighted by Gasteiger charge is -2.53. The van der Waals surface area contributed by atoms with E-state index in [0.29, 0.717) is 6.04 Å². The molecule has 0 bridgehead atoms. The lowest BCUT2D eigenvalue weighted by molar-refractivity contribution is -0.0722. The van der Waals surface area contributed by atoms with Crippen LogP contribution in [0.4, 0.5) is 0 Å². The zero-order chi connectivity index (χ0) is 13.3. The molecule has 0 radical (unpaired) electrons. The second kappa shape index (κ2) is 4.93. The van der Waals surface area contributed by atoms with Crippen molar-refractivity contribution in [3.8, 4) is 5.75 Å². The molecule has 0 saturated heterocycles. The highest BCUT2D eigenvalue weighted by molar-refractivity contribution is 5.33. The Hall–Kier alpha value is -1.02. The molecule has 100 valence electrons. The molecule has 2 unspecified atom stereocenters. The minimum absolute atomic E-state index is 0.178. The molecule has 1 saturated carbocycles. The fourth-order valence-corrected chi connectivity index (χ4v) is 3.34. The molecule has 0 heterocycles. The maximum Gasteiger partial charge on any atom is 0.120 e. The van der Waals surface area contributed by atoms with Crippen LogP contribution < -0.4 is 10.5 Å². The molecule has 2 N–H and O–H groups in total. The van der Waals surface area contributed by atoms with Gasteiger partial charge in [0.25, 0.3) is 0 Å². The highest BCUT2D eigenvalue weighted by Crippen LogP contribution is 2.47. The van der Waals surface area contributed by atoms with E-state index in [-0.39, 0.29) is 11.5 Å². The number of rotatable bonds is 4. The van der Waals surface area contributed by atoms with Crippen molar-refractivity contribution in [3.05, 3.63) is 29.3 Å². The summed E-state index contributed by atoms with van der Waals surface area (Å²) >= 11 is 0. The third-order valence-electron chi connectivity index (χ3n) is 4.64. The summed E-state index contributed by atoms with van der Waals surface area (Å²) < 4.78 is 6.20. The molecular formula is C16H25NO. The van der Waals surface area contributed by atoms with Gasteiger partial charge in [-0.1, -0.05) is 19.9 Å². The predicted molar refractivity (Wildman–Crippen MR) is 75.9 cm³/mol. The van der Waals surface area contributed by atoms with Crippen molar-refractivity contribution >= 4 is 0 Å². The largest absolute Gasteiger partial charge is 0.490 e. The fraction of sp³-hybridized carbons (Fsp3) is 0.625. The van der Waals surface area contributed by atoms with Crippen molar-refractivity contribution in [2.75, 3.05) is 0 Å². The number of benzene rings is 1. The van der Waals surface area contributed by atoms with Crippen molar-refractivity contribution < 1.29 is 4.74 Å². The average molecular weight is 247 g/mol. The number of aryl methyl sites for hydroxylation is 2. The second-order valence-electron chi connectivity index (χ2n) is 5.71. The van der Waals surface area contributed by atoms with E-state index in [1.165, 1.54) is 11.1 Å². The van der Waals surface area contributed by atoms with Gasteiger partial charge in [-0.05, 0) is 49.9 Å². The lowest BCUT2D eigenvalue weighted by Crippen LogP contribution is -2.62. The molecule has 1 aliphatic rings. The van der Waals surface area contributed by atoms with Crippen molar-refractivity contribution in [3.63, 3.8) is 0 Å². The molecule has 0 aliphatic heterocycles. The van der Waals surface area contributed by atoms with Gasteiger partial charge in [0, 0.05) is 17.9 Å². The van der Waals surface area contributed by atoms with E-state index in [2.05, 4.69) is 45.9 Å². The van der Waals surface area contributed by atoms with E-state index in [1.807, 2.05) is 0 Å². The molecular weight excluding hydrogens is 222 g/mol. The first-order chi connectivity index (χ1) is 8.51. The van der Waals surface area contributed by atoms with Crippen molar-refractivity contribution in [2.24, 2.45) is 11.1 Å². The highest BCUT2D eigenvalue weighted by atomic mass is 16.5. The third-order valence-corrected chi connectivity index (χ3v) is 4.64. The fourth-order valence-electron chi connectivity index (χ4n) is 3.34. The molecule has 2 atom stereocenters. The first-order valence-electron chi connectivity index (χ1n) is 7.02. The molecule has 1 aliphatic carbocycles. The summed E-state index contributed by atoms with van der Waals surface area (Å²) in [5.74, 6) is 0.996. The Morgan fingerprint density at radius 1 is 1.17 bits per heavy atom. The van der Waals surface area contributed by atoms with Gasteiger partial charge in [0.05, 0.1) is 0 Å². The topological polar surface area (TPSA) is 35.2 Å². The van der Waals surface area contributed by atoms with Gasteiger partial charge in [0.15, 0.2) is 0 Å². The summed E-state index contributed by atoms with van der Waals surface area (Å²) in [6.45, 7) is 8.67. The van der Waals surface area contributed by atoms with E-state index in [0.717, 1.165) is 25.0 Å². The summed E-state index contributed by atoms with van der Waals surface area (Å²) in [7, 11) is 0. The smallest absolute Gasteiger partial charge is 0.120 e. The Morgan fingerprint density at radius 2 is 1.72 bits per heavy atom. The molecule has 0 aromatic heterocycles. The predicted octanol–water partition coefficient (Wildman–Crippen LogP) is 3.59. The van der Waals surface area contributed by atoms with Crippen LogP contribution in [0.5, 0.6) is 5.75 Å². The number of nitrogens with two attached hydrogens (primary N) is 1. The summed E-state index contributed by atoms with van der Waals surface area (Å²) in [4.78, 5) is 0. The summed E-state index contributed by atoms with van der Waals surface area (Å²) in [6, 6.07) is 6.70. The monoisotopic (exact) mass is 247 g/mol. The van der Waals surface area contributed by atoms with E-state index in [4.69, 9.17) is 10.5 Å². The van der Waals surface area contributed by atoms with Crippen LogP contribution in [0.15, 0.2) is 18.2 Å². The van der Waals surface area contributed by atoms with Crippen LogP contribution >= 0.6 is 0 Å². The molecule has 2 heteroatoms. The SMILES string of the molecule is CCC1(CC)C(N)CC1Oc1cc(C)cc(C)c1. The summed E-state index contributed by atoms with van der Waals surface area (Å²) in [6.07, 6.45) is 3.46. The standard InChI is InChI=1S/C16H25NO/c1-5-16(6-2)14(17)10-15(16)18-13-8-11(3)7-12(4)9-13/h7-9,14-15H,5-6,10,17H2,1-4H3. The van der Waals surface area contributed by atoms with E-state index in [1.54, 1.807) is 0 Å². The normalized spacial score (nSPS) is 25.6. The third kappa shape index (κ3) is 2.14. The number of ether oxygens (including phenoxy) is 1. The minimum Gasteiger partial charge on any atom is -0.490 e. The molecule has 2 nitrogen and oxygen atoms in total. The Morgan fingerprint density at radius 3 is 2.17 bits per heavy atom. The first kappa shape index (κ1) is 13.4. The van der Waals surface area contributed by atoms with Crippen molar-refractivity contribution in [1.82, 2.24) is 0 Å². The Balaban J connectivity index is 2.15. The van der Waals surface area contributed by atoms with E-state index >= 15 is 0 Å². The van der Waals surface area contributed by atoms with Crippen molar-refractivity contribution in [1.29, 1.82) is 0 Å². The van der Waals surface area contributed by atoms with E-state index < -0.39 is 0 Å². The van der Waals surface area contributed by atoms with Crippen LogP contribution in [-0.4, -0.2) is 12.1 Å². The van der Waals surface area contributed by atoms with Crippen LogP contribution in [0, 0.1) is 19.3 Å². The lowest BCUT2D eigenvalue weighted by atomic mass is 9.59. The van der Waals surface area contributed by atoms with Gasteiger partial charge in [0.2, 0.25) is 0 Å². The van der Waals surface area contributed by atoms with Gasteiger partial charge >= 0.3 is 0 Å². The van der Waals surface area contributed by atoms with Crippen LogP contribution in [-0.2, 0) is 0 Å². The van der Waals surface area contributed by atoms with Crippen LogP contribution in [0.25, 0.3) is 0 Å². The quantitative estimate of drug-likeness (QED) is 0.882. The molecule has 18 heavy (non-hydrogen) atoms. The zero-order valence-electron chi connectivity index (χ0n) is 12.0. The second-order valence-corrected chi connectivity index (χ2v) is 5.71. The summed E-state index contributed by atoms with van der Waals surface area (Å²) in [5.41, 5.74) is 8.89. The molecule has 1 fully saturated rings. The van der Waals surface area contributed by atoms with Crippen LogP contribution in [0.3, 0.4) is 0 Å². The molecule has 2 rings (SSSR count). The van der Waals surface area contributed by atoms with Crippen molar-refractivity contribution in [2.45, 2.75) is 59.1 Å². The first-order valence-corrected chi connectivity index (χ1v) is 7.02. The zero-order valence-corrected chi connectivity index (χ0v) is 12.0. The van der Waals surface area contributed by atoms with Gasteiger partial charge in [0.1, 0.15) is 11.9 Å². The van der Waals surface area contributed by atoms with Crippen LogP contribution in [0.1, 0.15) is 44.2 Å². The maximum absolute atomic E-state index is 6.20. The number of hydrogen-bond donors (Lipinski definition) is 1. The Bertz CT molecular complexity index is 403. The summed E-state index contributed by atoms with van der Waals surface area (Å²) in [5, 5.41) is 0. The molecule has 0 spiro atoms. The maximum atomic E-state index is 6.20. The Labute approximate surface area is 111 Å².